The van der Waals surface area contributed by atoms with Crippen LogP contribution in [0, 0.1) is 5.92 Å². The minimum atomic E-state index is -1.83. The fourth-order valence-corrected chi connectivity index (χ4v) is 12.1. The van der Waals surface area contributed by atoms with Gasteiger partial charge in [0.1, 0.15) is 55.5 Å². The monoisotopic (exact) mass is 1650 g/mol. The Labute approximate surface area is 676 Å². The number of carboxylic acid groups (broad SMARTS) is 1. The number of unbranched alkanes of at least 4 members (excludes halogenated alkanes) is 2. The normalized spacial score (nSPS) is 19.4. The number of benzene rings is 1. The molecule has 0 bridgehead atoms. The van der Waals surface area contributed by atoms with Gasteiger partial charge in [-0.2, -0.15) is 25.3 Å². The number of ketones is 1. The van der Waals surface area contributed by atoms with E-state index in [1.54, 1.807) is 44.2 Å². The first-order valence-corrected chi connectivity index (χ1v) is 40.4. The molecule has 7 atom stereocenters. The minimum Gasteiger partial charge on any atom is -0.481 e. The van der Waals surface area contributed by atoms with E-state index in [1.807, 2.05) is 34.6 Å². The van der Waals surface area contributed by atoms with Gasteiger partial charge >= 0.3 is 5.97 Å². The number of thiol groups is 2. The summed E-state index contributed by atoms with van der Waals surface area (Å²) < 4.78 is 21.6. The summed E-state index contributed by atoms with van der Waals surface area (Å²) >= 11 is 9.46. The van der Waals surface area contributed by atoms with Crippen molar-refractivity contribution in [2.75, 3.05) is 122 Å². The van der Waals surface area contributed by atoms with Crippen molar-refractivity contribution in [1.29, 1.82) is 0 Å². The molecule has 40 heteroatoms. The summed E-state index contributed by atoms with van der Waals surface area (Å²) in [5, 5.41) is 73.3. The molecule has 1 aliphatic heterocycles. The second kappa shape index (κ2) is 57.7. The average Bonchev–Trinajstić information content (AvgIpc) is 1.04. The maximum atomic E-state index is 14.6. The van der Waals surface area contributed by atoms with Gasteiger partial charge in [0.05, 0.1) is 80.9 Å². The quantitative estimate of drug-likeness (QED) is 0.0118. The molecule has 1 saturated heterocycles. The number of oxime groups is 2. The van der Waals surface area contributed by atoms with Crippen molar-refractivity contribution < 1.29 is 102 Å². The third-order valence-electron chi connectivity index (χ3n) is 18.0. The van der Waals surface area contributed by atoms with Gasteiger partial charge in [-0.3, -0.25) is 67.1 Å². The first kappa shape index (κ1) is 101. The lowest BCUT2D eigenvalue weighted by Gasteiger charge is -2.28. The Hall–Kier alpha value is -8.25. The zero-order valence-corrected chi connectivity index (χ0v) is 68.8. The van der Waals surface area contributed by atoms with Crippen LogP contribution in [0.3, 0.4) is 0 Å². The molecule has 1 heterocycles. The maximum Gasteiger partial charge on any atom is 0.305 e. The number of hydrogen-bond acceptors (Lipinski definition) is 27. The van der Waals surface area contributed by atoms with Crippen molar-refractivity contribution in [2.24, 2.45) is 16.2 Å². The Morgan fingerprint density at radius 2 is 1.01 bits per heavy atom. The van der Waals surface area contributed by atoms with Gasteiger partial charge in [-0.05, 0) is 124 Å². The third-order valence-corrected chi connectivity index (χ3v) is 19.7. The summed E-state index contributed by atoms with van der Waals surface area (Å²) in [7, 11) is 0. The number of hydrogen-bond donors (Lipinski definition) is 19. The van der Waals surface area contributed by atoms with Crippen LogP contribution in [0.2, 0.25) is 0 Å². The summed E-state index contributed by atoms with van der Waals surface area (Å²) in [6, 6.07) is -1.97. The number of nitrogens with zero attached hydrogens (tertiary/aromatic N) is 2. The van der Waals surface area contributed by atoms with Crippen LogP contribution >= 0.6 is 37.0 Å². The summed E-state index contributed by atoms with van der Waals surface area (Å²) in [6.07, 6.45) is 2.78. The smallest absolute Gasteiger partial charge is 0.305 e. The lowest BCUT2D eigenvalue weighted by molar-refractivity contribution is -0.141. The number of carbonyl (C=O) groups is 14. The number of aliphatic carboxylic acids is 1. The molecule has 37 nitrogen and oxygen atoms in total. The average molecular weight is 1660 g/mol. The molecule has 0 aliphatic carbocycles. The SMILES string of the molecule is CCCC[C@@H]1NC(=O)[C@H](CS)NC(=O)[C@H](CCCCNC(=O)CCCC(=O)NCCC(CCNC(C)(C)/C(C)=N\O)CCNC(C)(C)/C(C)=N\O)NC(=O)CSC[C@@H](C(=O)NCCOCCOCCOCCNC(=O)COCC(C)=O)NC(=O)[C@H](Cc2ccccc2)NC(=O)[C@H](CS)NC(=O)[C@H](CC(=O)O)NC(=O)CNC1=O. The van der Waals surface area contributed by atoms with Gasteiger partial charge in [-0.25, -0.2) is 0 Å². The summed E-state index contributed by atoms with van der Waals surface area (Å²) in [5.41, 5.74) is 0.483. The van der Waals surface area contributed by atoms with Crippen molar-refractivity contribution in [2.45, 2.75) is 199 Å². The van der Waals surface area contributed by atoms with Gasteiger partial charge in [0.2, 0.25) is 70.9 Å². The van der Waals surface area contributed by atoms with Gasteiger partial charge in [0, 0.05) is 62.7 Å². The highest BCUT2D eigenvalue weighted by Gasteiger charge is 2.35. The van der Waals surface area contributed by atoms with Gasteiger partial charge in [-0.1, -0.05) is 60.4 Å². The van der Waals surface area contributed by atoms with Crippen LogP contribution in [0.15, 0.2) is 40.6 Å². The van der Waals surface area contributed by atoms with Gasteiger partial charge in [0.25, 0.3) is 0 Å². The van der Waals surface area contributed by atoms with Crippen LogP contribution in [-0.2, 0) is 92.5 Å². The Morgan fingerprint density at radius 1 is 0.531 bits per heavy atom. The minimum absolute atomic E-state index is 0.0248. The Kier molecular flexibility index (Phi) is 51.5. The van der Waals surface area contributed by atoms with Crippen LogP contribution in [0.1, 0.15) is 144 Å². The van der Waals surface area contributed by atoms with Crippen LogP contribution < -0.4 is 74.4 Å². The van der Waals surface area contributed by atoms with Crippen molar-refractivity contribution >= 4 is 131 Å². The number of carbonyl (C=O) groups excluding carboxylic acids is 13. The van der Waals surface area contributed by atoms with E-state index in [-0.39, 0.29) is 152 Å². The first-order valence-electron chi connectivity index (χ1n) is 38.0. The molecule has 17 N–H and O–H groups in total. The Morgan fingerprint density at radius 3 is 1.56 bits per heavy atom. The van der Waals surface area contributed by atoms with Crippen molar-refractivity contribution in [3.05, 3.63) is 35.9 Å². The first-order chi connectivity index (χ1) is 53.8. The highest BCUT2D eigenvalue weighted by molar-refractivity contribution is 8.00. The van der Waals surface area contributed by atoms with E-state index in [1.165, 1.54) is 6.92 Å². The molecule has 1 aromatic rings. The van der Waals surface area contributed by atoms with E-state index in [4.69, 9.17) is 18.9 Å². The highest BCUT2D eigenvalue weighted by Crippen LogP contribution is 2.17. The van der Waals surface area contributed by atoms with Gasteiger partial charge in [-0.15, -0.1) is 11.8 Å². The molecule has 0 unspecified atom stereocenters. The fraction of sp³-hybridized carbons (Fsp3) is 0.699. The second-order valence-corrected chi connectivity index (χ2v) is 29.8. The summed E-state index contributed by atoms with van der Waals surface area (Å²) in [6.45, 7) is 15.6. The molecule has 2 rings (SSSR count). The zero-order chi connectivity index (χ0) is 84.2. The number of carboxylic acids is 1. The van der Waals surface area contributed by atoms with Crippen LogP contribution in [0.25, 0.3) is 0 Å². The third kappa shape index (κ3) is 44.9. The largest absolute Gasteiger partial charge is 0.481 e. The molecular weight excluding hydrogens is 1530 g/mol. The molecule has 1 fully saturated rings. The molecule has 113 heavy (non-hydrogen) atoms. The van der Waals surface area contributed by atoms with E-state index in [2.05, 4.69) is 110 Å². The van der Waals surface area contributed by atoms with Crippen LogP contribution in [0.4, 0.5) is 0 Å². The maximum absolute atomic E-state index is 14.6. The Balaban J connectivity index is 2.38. The van der Waals surface area contributed by atoms with Crippen LogP contribution in [-0.4, -0.2) is 285 Å². The lowest BCUT2D eigenvalue weighted by atomic mass is 9.94. The predicted octanol–water partition coefficient (Wildman–Crippen LogP) is -1.31. The van der Waals surface area contributed by atoms with E-state index in [9.17, 15) is 82.6 Å². The number of ether oxygens (including phenoxy) is 4. The van der Waals surface area contributed by atoms with Crippen molar-refractivity contribution in [3.8, 4) is 0 Å². The number of amides is 12. The molecule has 1 aliphatic rings. The van der Waals surface area contributed by atoms with E-state index < -0.39 is 143 Å². The number of rotatable bonds is 48. The second-order valence-electron chi connectivity index (χ2n) is 28.0. The van der Waals surface area contributed by atoms with E-state index in [0.29, 0.717) is 62.3 Å². The molecule has 638 valence electrons. The topological polar surface area (TPSA) is 530 Å². The molecule has 0 saturated carbocycles. The zero-order valence-electron chi connectivity index (χ0n) is 66.2. The highest BCUT2D eigenvalue weighted by atomic mass is 32.2. The summed E-state index contributed by atoms with van der Waals surface area (Å²) in [5.74, 6) is -12.1. The number of nitrogens with one attached hydrogen (secondary N) is 14. The van der Waals surface area contributed by atoms with E-state index >= 15 is 0 Å². The predicted molar refractivity (Wildman–Crippen MR) is 428 cm³/mol. The van der Waals surface area contributed by atoms with Crippen molar-refractivity contribution in [1.82, 2.24) is 74.4 Å². The number of thioether (sulfide) groups is 1. The lowest BCUT2D eigenvalue weighted by Crippen LogP contribution is -2.60. The van der Waals surface area contributed by atoms with Gasteiger partial charge < -0.3 is 109 Å². The van der Waals surface area contributed by atoms with Crippen molar-refractivity contribution in [3.63, 3.8) is 0 Å². The molecule has 0 spiro atoms. The molecule has 12 amide bonds. The Bertz CT molecular complexity index is 3200. The summed E-state index contributed by atoms with van der Waals surface area (Å²) in [4.78, 5) is 187. The molecule has 0 aromatic heterocycles. The van der Waals surface area contributed by atoms with Gasteiger partial charge in [0.15, 0.2) is 5.78 Å². The van der Waals surface area contributed by atoms with Crippen LogP contribution in [0.5, 0.6) is 0 Å². The molecular formula is C73H122N16O21S3. The molecule has 1 aromatic carbocycles. The number of Topliss-reactive ketones (excluding diaryl/α,β-unsaturated/α-hetero) is 1. The molecule has 0 radical (unpaired) electrons. The standard InChI is InChI=1S/C73H122N16O21S3/c1-9-10-19-52-65(98)78-40-61(93)82-55(39-64(96)97)69(102)86-57(44-112)71(104)84-54(38-51-17-12-11-13-18-51)68(101)87-58(66(99)77-31-33-108-35-37-109-36-34-107-32-30-76-62(94)42-110-41-47(2)90)45-113-46-63(95)81-53(67(100)85-56(43-111)70(103)83-52)20-14-15-26-74-59(91)21-16-22-60(92)75-27-23-50(24-28-79-72(5,6)48(3)88-105)25-29-80-73(7,8)49(4)89-106/h11-13,17-18,50,52-58,79-80,105-106,111-112H,9-10,14-16,19-46H2,1-8H3,(H,74,91)(H,75,92)(H,76,94)(H,77,99)(H,78,98)(H,81,95)(H,82,93)(H,83,103)(H,84,104)(H,85,100)(H,86,102)(H,87,101)(H,96,97)/b88-48-,89-49-/t52-,53-,54-,55-,56-,57-,58-/m0/s1. The fourth-order valence-electron chi connectivity index (χ4n) is 10.7. The van der Waals surface area contributed by atoms with E-state index in [0.717, 1.165) is 24.6 Å².